The standard InChI is InChI=1S/C3H5O4.Ga/c4-1-2(5)3(6)7;/h1-2,4-5H,(H,6,7);/t2-;/m0./s1. The molecule has 0 rings (SSSR count). The molecule has 0 unspecified atom stereocenters. The van der Waals surface area contributed by atoms with Crippen LogP contribution in [-0.2, 0) is 4.79 Å². The maximum absolute atomic E-state index is 9.74. The molecule has 0 aromatic heterocycles. The van der Waals surface area contributed by atoms with E-state index < -0.39 is 16.7 Å². The molecule has 0 saturated heterocycles. The molecule has 2 radical (unpaired) electrons. The van der Waals surface area contributed by atoms with Crippen LogP contribution in [0.15, 0.2) is 0 Å². The first-order valence-corrected chi connectivity index (χ1v) is 3.30. The van der Waals surface area contributed by atoms with E-state index >= 15 is 0 Å². The molecule has 3 N–H and O–H groups in total. The summed E-state index contributed by atoms with van der Waals surface area (Å²) < 4.78 is -1.14. The number of carbonyl (C=O) groups is 1. The van der Waals surface area contributed by atoms with Crippen molar-refractivity contribution in [1.82, 2.24) is 0 Å². The van der Waals surface area contributed by atoms with Crippen molar-refractivity contribution < 1.29 is 20.1 Å². The molecule has 5 heteroatoms. The summed E-state index contributed by atoms with van der Waals surface area (Å²) in [5, 5.41) is 24.7. The third kappa shape index (κ3) is 2.36. The number of rotatable bonds is 2. The molecule has 44 valence electrons. The molecule has 2 atom stereocenters. The van der Waals surface area contributed by atoms with Crippen molar-refractivity contribution >= 4 is 24.6 Å². The van der Waals surface area contributed by atoms with Crippen molar-refractivity contribution in [2.24, 2.45) is 0 Å². The van der Waals surface area contributed by atoms with Crippen LogP contribution < -0.4 is 0 Å². The third-order valence-electron chi connectivity index (χ3n) is 0.577. The summed E-state index contributed by atoms with van der Waals surface area (Å²) in [5.74, 6) is -1.39. The Kier molecular flexibility index (Phi) is 3.14. The molecule has 0 bridgehead atoms. The second kappa shape index (κ2) is 3.13. The molecule has 0 aromatic carbocycles. The molecule has 8 heavy (non-hydrogen) atoms. The summed E-state index contributed by atoms with van der Waals surface area (Å²) in [4.78, 5) is 9.74. The van der Waals surface area contributed by atoms with E-state index in [1.807, 2.05) is 0 Å². The van der Waals surface area contributed by atoms with Gasteiger partial charge >= 0.3 is 55.4 Å². The van der Waals surface area contributed by atoms with Gasteiger partial charge in [-0.3, -0.25) is 0 Å². The van der Waals surface area contributed by atoms with Gasteiger partial charge in [0.25, 0.3) is 0 Å². The molecule has 0 aliphatic heterocycles. The number of aliphatic hydroxyl groups excluding tert-OH is 2. The number of aliphatic carboxylic acids is 1. The van der Waals surface area contributed by atoms with Gasteiger partial charge in [-0.1, -0.05) is 0 Å². The molecular formula is C3H5GaO4. The predicted octanol–water partition coefficient (Wildman–Crippen LogP) is -2.08. The van der Waals surface area contributed by atoms with Gasteiger partial charge in [0.2, 0.25) is 0 Å². The zero-order chi connectivity index (χ0) is 6.73. The van der Waals surface area contributed by atoms with Crippen LogP contribution in [0.1, 0.15) is 0 Å². The summed E-state index contributed by atoms with van der Waals surface area (Å²) in [6.07, 6.45) is -1.63. The first-order valence-electron chi connectivity index (χ1n) is 1.90. The molecule has 0 aliphatic carbocycles. The van der Waals surface area contributed by atoms with Crippen molar-refractivity contribution in [3.05, 3.63) is 0 Å². The van der Waals surface area contributed by atoms with Crippen LogP contribution in [0.5, 0.6) is 0 Å². The zero-order valence-electron chi connectivity index (χ0n) is 3.98. The Hall–Kier alpha value is 0.0264. The first kappa shape index (κ1) is 8.03. The number of hydrogen-bond donors (Lipinski definition) is 3. The Morgan fingerprint density at radius 1 is 1.50 bits per heavy atom. The van der Waals surface area contributed by atoms with Crippen LogP contribution in [0.25, 0.3) is 0 Å². The minimum atomic E-state index is -1.63. The topological polar surface area (TPSA) is 77.8 Å². The second-order valence-corrected chi connectivity index (χ2v) is 2.71. The average Bonchev–Trinajstić information content (AvgIpc) is 1.64. The van der Waals surface area contributed by atoms with E-state index in [0.29, 0.717) is 0 Å². The van der Waals surface area contributed by atoms with Gasteiger partial charge in [0.15, 0.2) is 0 Å². The Morgan fingerprint density at radius 2 is 1.88 bits per heavy atom. The van der Waals surface area contributed by atoms with Gasteiger partial charge in [0, 0.05) is 0 Å². The summed E-state index contributed by atoms with van der Waals surface area (Å²) in [6.45, 7) is 0. The van der Waals surface area contributed by atoms with Crippen LogP contribution >= 0.6 is 0 Å². The molecule has 0 amide bonds. The van der Waals surface area contributed by atoms with Gasteiger partial charge in [0.05, 0.1) is 0 Å². The van der Waals surface area contributed by atoms with Crippen LogP contribution in [0.4, 0.5) is 0 Å². The van der Waals surface area contributed by atoms with Gasteiger partial charge in [-0.25, -0.2) is 0 Å². The normalized spacial score (nSPS) is 17.2. The van der Waals surface area contributed by atoms with Gasteiger partial charge in [-0.2, -0.15) is 0 Å². The van der Waals surface area contributed by atoms with E-state index in [-0.39, 0.29) is 0 Å². The van der Waals surface area contributed by atoms with Crippen LogP contribution in [-0.4, -0.2) is 50.7 Å². The summed E-state index contributed by atoms with van der Waals surface area (Å²) >= 11 is 0.788. The zero-order valence-corrected chi connectivity index (χ0v) is 6.40. The minimum absolute atomic E-state index is 0.788. The summed E-state index contributed by atoms with van der Waals surface area (Å²) in [7, 11) is 0. The molecule has 0 fully saturated rings. The number of aliphatic hydroxyl groups is 2. The molecule has 4 nitrogen and oxygen atoms in total. The van der Waals surface area contributed by atoms with Crippen LogP contribution in [0, 0.1) is 0 Å². The van der Waals surface area contributed by atoms with E-state index in [4.69, 9.17) is 15.3 Å². The van der Waals surface area contributed by atoms with E-state index in [9.17, 15) is 4.79 Å². The second-order valence-electron chi connectivity index (χ2n) is 1.27. The van der Waals surface area contributed by atoms with E-state index in [1.54, 1.807) is 0 Å². The first-order chi connectivity index (χ1) is 3.55. The van der Waals surface area contributed by atoms with Crippen LogP contribution in [0.2, 0.25) is 0 Å². The van der Waals surface area contributed by atoms with E-state index in [2.05, 4.69) is 0 Å². The predicted molar refractivity (Wildman–Crippen MR) is 25.4 cm³/mol. The molecular weight excluding hydrogens is 170 g/mol. The number of carboxylic acid groups (broad SMARTS) is 1. The average molecular weight is 175 g/mol. The van der Waals surface area contributed by atoms with Crippen molar-refractivity contribution in [2.45, 2.75) is 10.8 Å². The Bertz CT molecular complexity index is 91.3. The Balaban J connectivity index is 3.64. The quantitative estimate of drug-likeness (QED) is 0.420. The van der Waals surface area contributed by atoms with Crippen LogP contribution in [0.3, 0.4) is 0 Å². The van der Waals surface area contributed by atoms with Crippen molar-refractivity contribution in [1.29, 1.82) is 0 Å². The van der Waals surface area contributed by atoms with Gasteiger partial charge < -0.3 is 0 Å². The van der Waals surface area contributed by atoms with Crippen molar-refractivity contribution in [3.8, 4) is 0 Å². The Labute approximate surface area is 56.1 Å². The molecule has 0 aliphatic rings. The summed E-state index contributed by atoms with van der Waals surface area (Å²) in [5.41, 5.74) is 0. The van der Waals surface area contributed by atoms with Crippen molar-refractivity contribution in [2.75, 3.05) is 0 Å². The monoisotopic (exact) mass is 174 g/mol. The van der Waals surface area contributed by atoms with Gasteiger partial charge in [0.1, 0.15) is 0 Å². The molecule has 0 aromatic rings. The number of carboxylic acids is 1. The fraction of sp³-hybridized carbons (Fsp3) is 0.667. The van der Waals surface area contributed by atoms with E-state index in [1.165, 1.54) is 0 Å². The maximum atomic E-state index is 9.74. The molecule has 0 heterocycles. The fourth-order valence-corrected chi connectivity index (χ4v) is 0.491. The Morgan fingerprint density at radius 3 is 1.88 bits per heavy atom. The SMILES string of the molecule is O=C(O)[C@@H](O)[C@H](O)[Ga]. The molecule has 0 spiro atoms. The molecule has 0 saturated carbocycles. The van der Waals surface area contributed by atoms with Crippen molar-refractivity contribution in [3.63, 3.8) is 0 Å². The fourth-order valence-electron chi connectivity index (χ4n) is 0.146. The number of hydrogen-bond acceptors (Lipinski definition) is 3. The van der Waals surface area contributed by atoms with E-state index in [0.717, 1.165) is 18.6 Å². The summed E-state index contributed by atoms with van der Waals surface area (Å²) in [6, 6.07) is 0. The third-order valence-corrected chi connectivity index (χ3v) is 1.34. The van der Waals surface area contributed by atoms with Gasteiger partial charge in [-0.05, 0) is 0 Å². The van der Waals surface area contributed by atoms with Gasteiger partial charge in [-0.15, -0.1) is 0 Å².